The van der Waals surface area contributed by atoms with Crippen LogP contribution in [0.2, 0.25) is 5.02 Å². The molecule has 0 saturated carbocycles. The average molecular weight is 391 g/mol. The second kappa shape index (κ2) is 8.42. The van der Waals surface area contributed by atoms with Gasteiger partial charge in [-0.05, 0) is 43.3 Å². The van der Waals surface area contributed by atoms with Gasteiger partial charge in [-0.25, -0.2) is 0 Å². The molecule has 0 unspecified atom stereocenters. The van der Waals surface area contributed by atoms with Gasteiger partial charge in [0.25, 0.3) is 0 Å². The zero-order chi connectivity index (χ0) is 18.5. The van der Waals surface area contributed by atoms with Crippen LogP contribution in [0.3, 0.4) is 0 Å². The van der Waals surface area contributed by atoms with Crippen LogP contribution >= 0.6 is 23.4 Å². The highest BCUT2D eigenvalue weighted by Crippen LogP contribution is 2.23. The van der Waals surface area contributed by atoms with Crippen molar-refractivity contribution in [2.24, 2.45) is 0 Å². The Bertz CT molecular complexity index is 884. The van der Waals surface area contributed by atoms with Gasteiger partial charge in [0.1, 0.15) is 12.4 Å². The van der Waals surface area contributed by atoms with Crippen LogP contribution in [0.15, 0.2) is 53.8 Å². The lowest BCUT2D eigenvalue weighted by Gasteiger charge is -2.20. The van der Waals surface area contributed by atoms with Crippen molar-refractivity contribution in [3.8, 4) is 5.75 Å². The maximum atomic E-state index is 12.6. The van der Waals surface area contributed by atoms with Crippen molar-refractivity contribution in [2.75, 3.05) is 20.2 Å². The van der Waals surface area contributed by atoms with Crippen molar-refractivity contribution in [2.45, 2.75) is 17.3 Å². The van der Waals surface area contributed by atoms with Gasteiger partial charge in [0, 0.05) is 18.3 Å². The Morgan fingerprint density at radius 3 is 2.81 bits per heavy atom. The SMILES string of the molecule is C[C@@H](Sc1nnc2ccccn12)C(=O)N(C)CCOc1ccc(Cl)cc1. The number of rotatable bonds is 7. The normalized spacial score (nSPS) is 12.1. The fourth-order valence-corrected chi connectivity index (χ4v) is 3.44. The summed E-state index contributed by atoms with van der Waals surface area (Å²) in [6.07, 6.45) is 1.89. The summed E-state index contributed by atoms with van der Waals surface area (Å²) in [4.78, 5) is 14.2. The van der Waals surface area contributed by atoms with E-state index in [9.17, 15) is 4.79 Å². The molecule has 1 amide bonds. The first-order valence-corrected chi connectivity index (χ1v) is 9.40. The molecule has 6 nitrogen and oxygen atoms in total. The Morgan fingerprint density at radius 1 is 1.27 bits per heavy atom. The summed E-state index contributed by atoms with van der Waals surface area (Å²) in [5, 5.41) is 9.35. The molecular weight excluding hydrogens is 372 g/mol. The molecule has 0 aliphatic heterocycles. The molecule has 0 radical (unpaired) electrons. The third kappa shape index (κ3) is 4.47. The molecule has 0 aliphatic rings. The molecule has 0 aliphatic carbocycles. The number of hydrogen-bond donors (Lipinski definition) is 0. The first-order valence-electron chi connectivity index (χ1n) is 8.14. The Labute approximate surface area is 161 Å². The number of halogens is 1. The molecule has 0 saturated heterocycles. The number of amides is 1. The summed E-state index contributed by atoms with van der Waals surface area (Å²) in [5.41, 5.74) is 0.763. The molecule has 1 aromatic carbocycles. The van der Waals surface area contributed by atoms with Gasteiger partial charge in [0.2, 0.25) is 5.91 Å². The van der Waals surface area contributed by atoms with E-state index in [-0.39, 0.29) is 11.2 Å². The van der Waals surface area contributed by atoms with Gasteiger partial charge in [0.15, 0.2) is 10.8 Å². The monoisotopic (exact) mass is 390 g/mol. The predicted molar refractivity (Wildman–Crippen MR) is 103 cm³/mol. The quantitative estimate of drug-likeness (QED) is 0.578. The molecule has 2 heterocycles. The fourth-order valence-electron chi connectivity index (χ4n) is 2.36. The van der Waals surface area contributed by atoms with E-state index in [2.05, 4.69) is 10.2 Å². The first-order chi connectivity index (χ1) is 12.5. The number of likely N-dealkylation sites (N-methyl/N-ethyl adjacent to an activating group) is 1. The van der Waals surface area contributed by atoms with E-state index in [1.807, 2.05) is 35.7 Å². The number of hydrogen-bond acceptors (Lipinski definition) is 5. The van der Waals surface area contributed by atoms with Crippen LogP contribution in [0.5, 0.6) is 5.75 Å². The van der Waals surface area contributed by atoms with Gasteiger partial charge in [-0.2, -0.15) is 0 Å². The molecule has 2 aromatic heterocycles. The van der Waals surface area contributed by atoms with Gasteiger partial charge in [-0.3, -0.25) is 9.20 Å². The Morgan fingerprint density at radius 2 is 2.04 bits per heavy atom. The molecule has 0 fully saturated rings. The number of ether oxygens (including phenoxy) is 1. The van der Waals surface area contributed by atoms with Crippen molar-refractivity contribution in [3.63, 3.8) is 0 Å². The number of aromatic nitrogens is 3. The van der Waals surface area contributed by atoms with Crippen LogP contribution in [0, 0.1) is 0 Å². The second-order valence-corrected chi connectivity index (χ2v) is 7.48. The minimum atomic E-state index is -0.275. The number of carbonyl (C=O) groups is 1. The van der Waals surface area contributed by atoms with Crippen LogP contribution in [0.25, 0.3) is 5.65 Å². The number of thioether (sulfide) groups is 1. The van der Waals surface area contributed by atoms with Gasteiger partial charge in [-0.1, -0.05) is 29.4 Å². The predicted octanol–water partition coefficient (Wildman–Crippen LogP) is 3.40. The van der Waals surface area contributed by atoms with Crippen molar-refractivity contribution >= 4 is 34.9 Å². The van der Waals surface area contributed by atoms with Crippen LogP contribution in [-0.2, 0) is 4.79 Å². The highest BCUT2D eigenvalue weighted by molar-refractivity contribution is 8.00. The standard InChI is InChI=1S/C18H19ClN4O2S/c1-13(26-18-21-20-16-5-3-4-10-23(16)18)17(24)22(2)11-12-25-15-8-6-14(19)7-9-15/h3-10,13H,11-12H2,1-2H3/t13-/m1/s1. The van der Waals surface area contributed by atoms with Gasteiger partial charge < -0.3 is 9.64 Å². The minimum Gasteiger partial charge on any atom is -0.492 e. The van der Waals surface area contributed by atoms with Crippen molar-refractivity contribution in [3.05, 3.63) is 53.7 Å². The van der Waals surface area contributed by atoms with Crippen molar-refractivity contribution in [1.82, 2.24) is 19.5 Å². The number of fused-ring (bicyclic) bond motifs is 1. The van der Waals surface area contributed by atoms with Crippen molar-refractivity contribution < 1.29 is 9.53 Å². The summed E-state index contributed by atoms with van der Waals surface area (Å²) in [6.45, 7) is 2.77. The fraction of sp³-hybridized carbons (Fsp3) is 0.278. The van der Waals surface area contributed by atoms with Crippen LogP contribution in [0.1, 0.15) is 6.92 Å². The van der Waals surface area contributed by atoms with E-state index < -0.39 is 0 Å². The molecule has 3 aromatic rings. The molecule has 3 rings (SSSR count). The molecule has 26 heavy (non-hydrogen) atoms. The topological polar surface area (TPSA) is 59.7 Å². The van der Waals surface area contributed by atoms with Crippen LogP contribution < -0.4 is 4.74 Å². The summed E-state index contributed by atoms with van der Waals surface area (Å²) in [5.74, 6) is 0.745. The maximum Gasteiger partial charge on any atom is 0.235 e. The highest BCUT2D eigenvalue weighted by Gasteiger charge is 2.21. The largest absolute Gasteiger partial charge is 0.492 e. The number of nitrogens with zero attached hydrogens (tertiary/aromatic N) is 4. The zero-order valence-corrected chi connectivity index (χ0v) is 16.1. The Balaban J connectivity index is 1.51. The average Bonchev–Trinajstić information content (AvgIpc) is 3.05. The third-order valence-electron chi connectivity index (χ3n) is 3.80. The van der Waals surface area contributed by atoms with E-state index in [0.29, 0.717) is 23.3 Å². The molecule has 8 heteroatoms. The van der Waals surface area contributed by atoms with E-state index in [0.717, 1.165) is 11.4 Å². The molecule has 0 N–H and O–H groups in total. The van der Waals surface area contributed by atoms with Crippen molar-refractivity contribution in [1.29, 1.82) is 0 Å². The third-order valence-corrected chi connectivity index (χ3v) is 5.09. The molecule has 0 bridgehead atoms. The van der Waals surface area contributed by atoms with E-state index >= 15 is 0 Å². The number of pyridine rings is 1. The molecular formula is C18H19ClN4O2S. The summed E-state index contributed by atoms with van der Waals surface area (Å²) in [6, 6.07) is 12.8. The van der Waals surface area contributed by atoms with E-state index in [4.69, 9.17) is 16.3 Å². The zero-order valence-electron chi connectivity index (χ0n) is 14.5. The molecule has 0 spiro atoms. The highest BCUT2D eigenvalue weighted by atomic mass is 35.5. The summed E-state index contributed by atoms with van der Waals surface area (Å²) >= 11 is 7.24. The Kier molecular flexibility index (Phi) is 6.00. The lowest BCUT2D eigenvalue weighted by molar-refractivity contribution is -0.129. The first kappa shape index (κ1) is 18.5. The smallest absolute Gasteiger partial charge is 0.235 e. The lowest BCUT2D eigenvalue weighted by Crippen LogP contribution is -2.36. The number of carbonyl (C=O) groups excluding carboxylic acids is 1. The van der Waals surface area contributed by atoms with Crippen LogP contribution in [0.4, 0.5) is 0 Å². The van der Waals surface area contributed by atoms with Gasteiger partial charge in [0.05, 0.1) is 11.8 Å². The minimum absolute atomic E-state index is 0.0161. The van der Waals surface area contributed by atoms with E-state index in [1.165, 1.54) is 11.8 Å². The molecule has 136 valence electrons. The van der Waals surface area contributed by atoms with Gasteiger partial charge in [-0.15, -0.1) is 10.2 Å². The lowest BCUT2D eigenvalue weighted by atomic mass is 10.3. The second-order valence-electron chi connectivity index (χ2n) is 5.73. The Hall–Kier alpha value is -2.25. The summed E-state index contributed by atoms with van der Waals surface area (Å²) < 4.78 is 7.51. The summed E-state index contributed by atoms with van der Waals surface area (Å²) in [7, 11) is 1.77. The molecule has 1 atom stereocenters. The van der Waals surface area contributed by atoms with Crippen LogP contribution in [-0.4, -0.2) is 50.9 Å². The maximum absolute atomic E-state index is 12.6. The van der Waals surface area contributed by atoms with Gasteiger partial charge >= 0.3 is 0 Å². The van der Waals surface area contributed by atoms with E-state index in [1.54, 1.807) is 36.2 Å². The number of benzene rings is 1.